The third kappa shape index (κ3) is 3.30. The van der Waals surface area contributed by atoms with Crippen molar-refractivity contribution in [2.24, 2.45) is 5.92 Å². The molecule has 9 heteroatoms. The zero-order valence-electron chi connectivity index (χ0n) is 10.7. The van der Waals surface area contributed by atoms with E-state index in [0.29, 0.717) is 5.69 Å². The summed E-state index contributed by atoms with van der Waals surface area (Å²) in [4.78, 5) is 10.5. The second-order valence-corrected chi connectivity index (χ2v) is 6.48. The van der Waals surface area contributed by atoms with Crippen LogP contribution in [0.3, 0.4) is 0 Å². The second kappa shape index (κ2) is 5.94. The Kier molecular flexibility index (Phi) is 4.43. The summed E-state index contributed by atoms with van der Waals surface area (Å²) in [7, 11) is -4.63. The largest absolute Gasteiger partial charge is 0.481 e. The first-order chi connectivity index (χ1) is 9.82. The van der Waals surface area contributed by atoms with E-state index in [2.05, 4.69) is 5.32 Å². The number of rotatable bonds is 5. The minimum absolute atomic E-state index is 0.0881. The van der Waals surface area contributed by atoms with Crippen molar-refractivity contribution in [3.8, 4) is 0 Å². The lowest BCUT2D eigenvalue weighted by molar-refractivity contribution is -0.141. The summed E-state index contributed by atoms with van der Waals surface area (Å²) in [5.41, 5.74) is 0.435. The van der Waals surface area contributed by atoms with Crippen molar-refractivity contribution in [3.63, 3.8) is 0 Å². The first-order valence-electron chi connectivity index (χ1n) is 6.01. The Bertz CT molecular complexity index is 617. The fraction of sp³-hybridized carbons (Fsp3) is 0.417. The van der Waals surface area contributed by atoms with Crippen LogP contribution >= 0.6 is 0 Å². The van der Waals surface area contributed by atoms with Gasteiger partial charge in [0.25, 0.3) is 0 Å². The molecule has 1 aliphatic heterocycles. The molecule has 6 nitrogen and oxygen atoms in total. The molecule has 116 valence electrons. The Morgan fingerprint density at radius 2 is 1.90 bits per heavy atom. The van der Waals surface area contributed by atoms with Crippen molar-refractivity contribution in [2.75, 3.05) is 18.5 Å². The average molecular weight is 321 g/mol. The minimum atomic E-state index is -4.63. The second-order valence-electron chi connectivity index (χ2n) is 4.56. The fourth-order valence-electron chi connectivity index (χ4n) is 2.00. The molecule has 1 saturated heterocycles. The van der Waals surface area contributed by atoms with Gasteiger partial charge in [-0.3, -0.25) is 4.79 Å². The third-order valence-corrected chi connectivity index (χ3v) is 4.57. The summed E-state index contributed by atoms with van der Waals surface area (Å²) in [5, 5.41) is 11.9. The molecule has 1 aliphatic rings. The molecule has 1 aromatic carbocycles. The van der Waals surface area contributed by atoms with E-state index in [9.17, 15) is 22.0 Å². The first-order valence-corrected chi connectivity index (χ1v) is 7.56. The van der Waals surface area contributed by atoms with Gasteiger partial charge >= 0.3 is 11.7 Å². The lowest BCUT2D eigenvalue weighted by atomic mass is 10.0. The number of benzene rings is 1. The molecule has 0 amide bonds. The molecule has 1 fully saturated rings. The number of anilines is 1. The normalized spacial score (nSPS) is 22.4. The van der Waals surface area contributed by atoms with Gasteiger partial charge in [-0.25, -0.2) is 8.42 Å². The van der Waals surface area contributed by atoms with Crippen molar-refractivity contribution in [1.82, 2.24) is 0 Å². The highest BCUT2D eigenvalue weighted by molar-refractivity contribution is 7.91. The average Bonchev–Trinajstić information content (AvgIpc) is 2.87. The van der Waals surface area contributed by atoms with Crippen molar-refractivity contribution in [2.45, 2.75) is 16.7 Å². The number of nitrogens with one attached hydrogen (secondary N) is 1. The first kappa shape index (κ1) is 15.6. The molecule has 0 bridgehead atoms. The van der Waals surface area contributed by atoms with Crippen molar-refractivity contribution in [3.05, 3.63) is 24.3 Å². The molecule has 21 heavy (non-hydrogen) atoms. The standard InChI is InChI=1S/C12H13F2NO5S/c13-12(14)21(18,19)8-3-1-7(2-4-8)15-10-6-20-5-9(10)11(16)17/h1-4,9-10,12,15H,5-6H2,(H,16,17). The molecule has 2 N–H and O–H groups in total. The Hall–Kier alpha value is -1.74. The molecule has 0 spiro atoms. The summed E-state index contributed by atoms with van der Waals surface area (Å²) >= 11 is 0. The van der Waals surface area contributed by atoms with Crippen LogP contribution in [0.15, 0.2) is 29.2 Å². The summed E-state index contributed by atoms with van der Waals surface area (Å²) in [6.07, 6.45) is 0. The zero-order valence-corrected chi connectivity index (χ0v) is 11.5. The molecule has 2 unspecified atom stereocenters. The topological polar surface area (TPSA) is 92.7 Å². The van der Waals surface area contributed by atoms with E-state index in [1.54, 1.807) is 0 Å². The van der Waals surface area contributed by atoms with E-state index in [-0.39, 0.29) is 13.2 Å². The Balaban J connectivity index is 2.12. The minimum Gasteiger partial charge on any atom is -0.481 e. The number of aliphatic carboxylic acids is 1. The van der Waals surface area contributed by atoms with E-state index in [4.69, 9.17) is 9.84 Å². The molecule has 2 atom stereocenters. The monoisotopic (exact) mass is 321 g/mol. The Morgan fingerprint density at radius 3 is 2.43 bits per heavy atom. The van der Waals surface area contributed by atoms with Crippen LogP contribution in [0.1, 0.15) is 0 Å². The van der Waals surface area contributed by atoms with Crippen LogP contribution in [0, 0.1) is 5.92 Å². The zero-order chi connectivity index (χ0) is 15.6. The molecule has 2 rings (SSSR count). The fourth-order valence-corrected chi connectivity index (χ4v) is 2.72. The van der Waals surface area contributed by atoms with Gasteiger partial charge in [-0.05, 0) is 24.3 Å². The molecule has 0 aliphatic carbocycles. The number of ether oxygens (including phenoxy) is 1. The van der Waals surface area contributed by atoms with Gasteiger partial charge < -0.3 is 15.2 Å². The van der Waals surface area contributed by atoms with E-state index >= 15 is 0 Å². The summed E-state index contributed by atoms with van der Waals surface area (Å²) in [6, 6.07) is 4.27. The highest BCUT2D eigenvalue weighted by Gasteiger charge is 2.34. The van der Waals surface area contributed by atoms with Gasteiger partial charge in [-0.15, -0.1) is 0 Å². The van der Waals surface area contributed by atoms with Crippen LogP contribution in [0.4, 0.5) is 14.5 Å². The lowest BCUT2D eigenvalue weighted by Gasteiger charge is -2.17. The predicted octanol–water partition coefficient (Wildman–Crippen LogP) is 1.19. The molecule has 0 radical (unpaired) electrons. The molecule has 1 aromatic rings. The number of halogens is 2. The highest BCUT2D eigenvalue weighted by atomic mass is 32.2. The van der Waals surface area contributed by atoms with E-state index < -0.39 is 38.4 Å². The Morgan fingerprint density at radius 1 is 1.29 bits per heavy atom. The number of carboxylic acids is 1. The number of sulfone groups is 1. The SMILES string of the molecule is O=C(O)C1COCC1Nc1ccc(S(=O)(=O)C(F)F)cc1. The number of alkyl halides is 2. The summed E-state index contributed by atoms with van der Waals surface area (Å²) < 4.78 is 52.4. The molecular formula is C12H13F2NO5S. The van der Waals surface area contributed by atoms with E-state index in [0.717, 1.165) is 12.1 Å². The predicted molar refractivity (Wildman–Crippen MR) is 69.0 cm³/mol. The maximum atomic E-state index is 12.4. The number of hydrogen-bond donors (Lipinski definition) is 2. The number of carboxylic acid groups (broad SMARTS) is 1. The maximum Gasteiger partial charge on any atom is 0.341 e. The van der Waals surface area contributed by atoms with Crippen LogP contribution in [0.2, 0.25) is 0 Å². The maximum absolute atomic E-state index is 12.4. The summed E-state index contributed by atoms with van der Waals surface area (Å²) in [6.45, 7) is 0.291. The lowest BCUT2D eigenvalue weighted by Crippen LogP contribution is -2.33. The van der Waals surface area contributed by atoms with E-state index in [1.807, 2.05) is 0 Å². The van der Waals surface area contributed by atoms with Gasteiger partial charge in [0.05, 0.1) is 24.2 Å². The van der Waals surface area contributed by atoms with Gasteiger partial charge in [0, 0.05) is 5.69 Å². The molecule has 0 aromatic heterocycles. The van der Waals surface area contributed by atoms with Gasteiger partial charge in [0.15, 0.2) is 0 Å². The number of carbonyl (C=O) groups is 1. The van der Waals surface area contributed by atoms with Gasteiger partial charge in [0.1, 0.15) is 5.92 Å². The van der Waals surface area contributed by atoms with Crippen molar-refractivity contribution >= 4 is 21.5 Å². The smallest absolute Gasteiger partial charge is 0.341 e. The number of hydrogen-bond acceptors (Lipinski definition) is 5. The highest BCUT2D eigenvalue weighted by Crippen LogP contribution is 2.23. The third-order valence-electron chi connectivity index (χ3n) is 3.17. The molecular weight excluding hydrogens is 308 g/mol. The Labute approximate surface area is 119 Å². The van der Waals surface area contributed by atoms with E-state index in [1.165, 1.54) is 12.1 Å². The molecule has 0 saturated carbocycles. The van der Waals surface area contributed by atoms with Gasteiger partial charge in [0.2, 0.25) is 9.84 Å². The van der Waals surface area contributed by atoms with Crippen LogP contribution in [-0.2, 0) is 19.4 Å². The van der Waals surface area contributed by atoms with Gasteiger partial charge in [-0.1, -0.05) is 0 Å². The van der Waals surface area contributed by atoms with Crippen LogP contribution in [-0.4, -0.2) is 44.5 Å². The van der Waals surface area contributed by atoms with Gasteiger partial charge in [-0.2, -0.15) is 8.78 Å². The van der Waals surface area contributed by atoms with Crippen molar-refractivity contribution in [1.29, 1.82) is 0 Å². The van der Waals surface area contributed by atoms with Crippen LogP contribution in [0.25, 0.3) is 0 Å². The molecule has 1 heterocycles. The quantitative estimate of drug-likeness (QED) is 0.846. The van der Waals surface area contributed by atoms with Crippen molar-refractivity contribution < 1.29 is 31.8 Å². The van der Waals surface area contributed by atoms with Crippen LogP contribution in [0.5, 0.6) is 0 Å². The van der Waals surface area contributed by atoms with Crippen LogP contribution < -0.4 is 5.32 Å². The summed E-state index contributed by atoms with van der Waals surface area (Å²) in [5.74, 6) is -5.19.